The van der Waals surface area contributed by atoms with Crippen LogP contribution in [0.4, 0.5) is 0 Å². The first kappa shape index (κ1) is 23.2. The molecule has 8 nitrogen and oxygen atoms in total. The molecule has 3 aliphatic heterocycles. The molecule has 0 spiro atoms. The molecule has 35 heavy (non-hydrogen) atoms. The third-order valence-corrected chi connectivity index (χ3v) is 6.83. The lowest BCUT2D eigenvalue weighted by Crippen LogP contribution is -2.35. The Labute approximate surface area is 208 Å². The van der Waals surface area contributed by atoms with E-state index in [9.17, 15) is 4.79 Å². The molecule has 1 amide bonds. The van der Waals surface area contributed by atoms with Gasteiger partial charge in [0.05, 0.1) is 18.8 Å². The number of likely N-dealkylation sites (tertiary alicyclic amines) is 1. The maximum atomic E-state index is 12.6. The number of hydrogen-bond donors (Lipinski definition) is 1. The van der Waals surface area contributed by atoms with E-state index in [1.165, 1.54) is 22.3 Å². The van der Waals surface area contributed by atoms with Crippen molar-refractivity contribution < 1.29 is 14.3 Å². The van der Waals surface area contributed by atoms with Crippen LogP contribution < -0.4 is 9.47 Å². The summed E-state index contributed by atoms with van der Waals surface area (Å²) in [6, 6.07) is 15.4. The fourth-order valence-corrected chi connectivity index (χ4v) is 4.86. The van der Waals surface area contributed by atoms with E-state index >= 15 is 0 Å². The Morgan fingerprint density at radius 2 is 1.60 bits per heavy atom. The van der Waals surface area contributed by atoms with Crippen LogP contribution in [0.15, 0.2) is 64.2 Å². The van der Waals surface area contributed by atoms with Crippen molar-refractivity contribution in [1.82, 2.24) is 9.91 Å². The molecule has 0 aliphatic carbocycles. The standard InChI is InChI=1S/C26H27N5O3S/c1-18-5-9-20(10-6-18)33-15-4-16-34-21-11-7-19(8-12-21)17-22-23(27)31-25(28-24(22)32)35-26(29-31)30-13-2-3-14-30/h5-12,17,27H,2-4,13-16H2,1H3/b22-17-,27-23?. The van der Waals surface area contributed by atoms with Crippen LogP contribution in [0.3, 0.4) is 0 Å². The molecule has 9 heteroatoms. The van der Waals surface area contributed by atoms with Crippen LogP contribution in [0.2, 0.25) is 0 Å². The summed E-state index contributed by atoms with van der Waals surface area (Å²) in [4.78, 5) is 19.0. The molecule has 0 saturated carbocycles. The zero-order chi connectivity index (χ0) is 24.2. The summed E-state index contributed by atoms with van der Waals surface area (Å²) in [6.07, 6.45) is 4.71. The minimum Gasteiger partial charge on any atom is -0.493 e. The Bertz CT molecular complexity index is 1200. The minimum absolute atomic E-state index is 0.0515. The highest BCUT2D eigenvalue weighted by atomic mass is 32.2. The van der Waals surface area contributed by atoms with Crippen molar-refractivity contribution in [3.05, 3.63) is 65.2 Å². The summed E-state index contributed by atoms with van der Waals surface area (Å²) in [5.41, 5.74) is 2.22. The first-order chi connectivity index (χ1) is 17.1. The molecule has 3 aliphatic rings. The van der Waals surface area contributed by atoms with Crippen molar-refractivity contribution in [2.24, 2.45) is 10.1 Å². The van der Waals surface area contributed by atoms with Crippen molar-refractivity contribution >= 4 is 39.9 Å². The number of amidine groups is 3. The largest absolute Gasteiger partial charge is 0.493 e. The highest BCUT2D eigenvalue weighted by Gasteiger charge is 2.37. The van der Waals surface area contributed by atoms with Crippen LogP contribution >= 0.6 is 11.8 Å². The van der Waals surface area contributed by atoms with E-state index in [4.69, 9.17) is 14.9 Å². The molecule has 1 saturated heterocycles. The number of ether oxygens (including phenoxy) is 2. The number of aryl methyl sites for hydroxylation is 1. The lowest BCUT2D eigenvalue weighted by Gasteiger charge is -2.20. The molecule has 3 heterocycles. The molecule has 0 aromatic heterocycles. The fourth-order valence-electron chi connectivity index (χ4n) is 3.92. The van der Waals surface area contributed by atoms with Gasteiger partial charge in [-0.15, -0.1) is 5.10 Å². The highest BCUT2D eigenvalue weighted by Crippen LogP contribution is 2.31. The third kappa shape index (κ3) is 5.40. The smallest absolute Gasteiger partial charge is 0.283 e. The van der Waals surface area contributed by atoms with Crippen LogP contribution in [0.1, 0.15) is 30.4 Å². The van der Waals surface area contributed by atoms with Crippen LogP contribution in [-0.2, 0) is 4.79 Å². The molecule has 180 valence electrons. The second-order valence-corrected chi connectivity index (χ2v) is 9.46. The number of aliphatic imine (C=N–C) groups is 1. The number of benzene rings is 2. The topological polar surface area (TPSA) is 90.6 Å². The van der Waals surface area contributed by atoms with E-state index in [-0.39, 0.29) is 11.4 Å². The van der Waals surface area contributed by atoms with Crippen molar-refractivity contribution in [3.8, 4) is 11.5 Å². The predicted molar refractivity (Wildman–Crippen MR) is 139 cm³/mol. The van der Waals surface area contributed by atoms with Crippen molar-refractivity contribution in [1.29, 1.82) is 5.41 Å². The van der Waals surface area contributed by atoms with Gasteiger partial charge in [0.25, 0.3) is 5.91 Å². The van der Waals surface area contributed by atoms with Gasteiger partial charge in [-0.1, -0.05) is 29.8 Å². The monoisotopic (exact) mass is 489 g/mol. The quantitative estimate of drug-likeness (QED) is 0.454. The molecular weight excluding hydrogens is 462 g/mol. The van der Waals surface area contributed by atoms with Crippen LogP contribution in [0.25, 0.3) is 6.08 Å². The van der Waals surface area contributed by atoms with Gasteiger partial charge in [0.15, 0.2) is 11.0 Å². The van der Waals surface area contributed by atoms with Crippen molar-refractivity contribution in [3.63, 3.8) is 0 Å². The number of amides is 1. The zero-order valence-electron chi connectivity index (χ0n) is 19.6. The van der Waals surface area contributed by atoms with Gasteiger partial charge in [-0.2, -0.15) is 10.0 Å². The lowest BCUT2D eigenvalue weighted by molar-refractivity contribution is -0.114. The summed E-state index contributed by atoms with van der Waals surface area (Å²) in [6.45, 7) is 5.07. The Morgan fingerprint density at radius 1 is 0.971 bits per heavy atom. The molecule has 0 radical (unpaired) electrons. The van der Waals surface area contributed by atoms with Gasteiger partial charge in [-0.3, -0.25) is 10.2 Å². The highest BCUT2D eigenvalue weighted by molar-refractivity contribution is 8.26. The van der Waals surface area contributed by atoms with Gasteiger partial charge in [0.2, 0.25) is 5.17 Å². The van der Waals surface area contributed by atoms with Crippen molar-refractivity contribution in [2.45, 2.75) is 26.2 Å². The van der Waals surface area contributed by atoms with Crippen LogP contribution in [-0.4, -0.2) is 58.3 Å². The summed E-state index contributed by atoms with van der Waals surface area (Å²) in [5.74, 6) is 1.23. The van der Waals surface area contributed by atoms with E-state index in [0.29, 0.717) is 18.4 Å². The molecular formula is C26H27N5O3S. The van der Waals surface area contributed by atoms with E-state index in [1.807, 2.05) is 55.5 Å². The molecule has 0 bridgehead atoms. The molecule has 2 aromatic carbocycles. The molecule has 1 N–H and O–H groups in total. The van der Waals surface area contributed by atoms with E-state index in [0.717, 1.165) is 54.6 Å². The van der Waals surface area contributed by atoms with Gasteiger partial charge < -0.3 is 14.4 Å². The van der Waals surface area contributed by atoms with E-state index < -0.39 is 5.91 Å². The van der Waals surface area contributed by atoms with Gasteiger partial charge in [0, 0.05) is 19.5 Å². The Kier molecular flexibility index (Phi) is 6.85. The Morgan fingerprint density at radius 3 is 2.26 bits per heavy atom. The van der Waals surface area contributed by atoms with Gasteiger partial charge >= 0.3 is 0 Å². The number of fused-ring (bicyclic) bond motifs is 1. The van der Waals surface area contributed by atoms with Crippen LogP contribution in [0.5, 0.6) is 11.5 Å². The number of thioether (sulfide) groups is 1. The Balaban J connectivity index is 1.15. The Hall–Kier alpha value is -3.59. The normalized spacial score (nSPS) is 18.6. The summed E-state index contributed by atoms with van der Waals surface area (Å²) >= 11 is 1.36. The zero-order valence-corrected chi connectivity index (χ0v) is 20.4. The SMILES string of the molecule is Cc1ccc(OCCCOc2ccc(/C=C3/C(=N)N4N=C(N5CCCC5)SC4=NC3=O)cc2)cc1. The predicted octanol–water partition coefficient (Wildman–Crippen LogP) is 4.52. The number of carbonyl (C=O) groups excluding carboxylic acids is 1. The number of hydrogen-bond acceptors (Lipinski definition) is 7. The first-order valence-electron chi connectivity index (χ1n) is 11.7. The molecule has 1 fully saturated rings. The first-order valence-corrected chi connectivity index (χ1v) is 12.6. The van der Waals surface area contributed by atoms with Crippen LogP contribution in [0, 0.1) is 12.3 Å². The number of rotatable bonds is 7. The van der Waals surface area contributed by atoms with E-state index in [2.05, 4.69) is 15.0 Å². The number of nitrogens with zero attached hydrogens (tertiary/aromatic N) is 4. The molecule has 0 atom stereocenters. The molecule has 2 aromatic rings. The maximum absolute atomic E-state index is 12.6. The van der Waals surface area contributed by atoms with Crippen molar-refractivity contribution in [2.75, 3.05) is 26.3 Å². The minimum atomic E-state index is -0.416. The van der Waals surface area contributed by atoms with E-state index in [1.54, 1.807) is 6.08 Å². The second kappa shape index (κ2) is 10.4. The van der Waals surface area contributed by atoms with Gasteiger partial charge in [0.1, 0.15) is 11.5 Å². The average molecular weight is 490 g/mol. The lowest BCUT2D eigenvalue weighted by atomic mass is 10.1. The third-order valence-electron chi connectivity index (χ3n) is 5.86. The summed E-state index contributed by atoms with van der Waals surface area (Å²) in [7, 11) is 0. The summed E-state index contributed by atoms with van der Waals surface area (Å²) in [5, 5.41) is 15.8. The van der Waals surface area contributed by atoms with Gasteiger partial charge in [-0.25, -0.2) is 0 Å². The molecule has 5 rings (SSSR count). The maximum Gasteiger partial charge on any atom is 0.283 e. The summed E-state index contributed by atoms with van der Waals surface area (Å²) < 4.78 is 11.5. The second-order valence-electron chi connectivity index (χ2n) is 8.53. The average Bonchev–Trinajstić information content (AvgIpc) is 3.54. The number of hydrazone groups is 1. The number of nitrogens with one attached hydrogen (secondary N) is 1. The molecule has 0 unspecified atom stereocenters. The fraction of sp³-hybridized carbons (Fsp3) is 0.308. The van der Waals surface area contributed by atoms with Gasteiger partial charge in [-0.05, 0) is 67.4 Å². The number of carbonyl (C=O) groups is 1.